The summed E-state index contributed by atoms with van der Waals surface area (Å²) in [5.41, 5.74) is 1.32. The molecule has 3 rings (SSSR count). The standard InChI is InChI=1S/C16H13F3N2O/c1-10-2-3-12-11(8-10)5-7-21(15(12)22)14-9-20-6-4-13(14)16(17,18)19/h2-4,6,8-9H,5,7H2,1H3. The first kappa shape index (κ1) is 14.6. The molecule has 114 valence electrons. The van der Waals surface area contributed by atoms with Gasteiger partial charge in [-0.15, -0.1) is 0 Å². The van der Waals surface area contributed by atoms with E-state index in [1.54, 1.807) is 12.1 Å². The van der Waals surface area contributed by atoms with Crippen molar-refractivity contribution in [2.75, 3.05) is 11.4 Å². The molecule has 0 saturated heterocycles. The number of benzene rings is 1. The maximum atomic E-state index is 13.1. The summed E-state index contributed by atoms with van der Waals surface area (Å²) >= 11 is 0. The number of hydrogen-bond acceptors (Lipinski definition) is 2. The molecule has 2 aromatic rings. The second kappa shape index (κ2) is 5.12. The first-order valence-electron chi connectivity index (χ1n) is 6.80. The van der Waals surface area contributed by atoms with Gasteiger partial charge in [-0.1, -0.05) is 17.7 Å². The number of rotatable bonds is 1. The van der Waals surface area contributed by atoms with Gasteiger partial charge < -0.3 is 4.90 Å². The smallest absolute Gasteiger partial charge is 0.306 e. The maximum absolute atomic E-state index is 13.1. The molecular weight excluding hydrogens is 293 g/mol. The summed E-state index contributed by atoms with van der Waals surface area (Å²) in [6.07, 6.45) is -1.82. The lowest BCUT2D eigenvalue weighted by Crippen LogP contribution is -2.38. The average molecular weight is 306 g/mol. The number of anilines is 1. The van der Waals surface area contributed by atoms with Crippen molar-refractivity contribution in [2.24, 2.45) is 0 Å². The molecule has 0 fully saturated rings. The van der Waals surface area contributed by atoms with E-state index in [4.69, 9.17) is 0 Å². The van der Waals surface area contributed by atoms with Gasteiger partial charge in [0, 0.05) is 18.3 Å². The third kappa shape index (κ3) is 2.45. The number of amides is 1. The number of nitrogens with zero attached hydrogens (tertiary/aromatic N) is 2. The number of alkyl halides is 3. The van der Waals surface area contributed by atoms with Gasteiger partial charge in [0.15, 0.2) is 0 Å². The summed E-state index contributed by atoms with van der Waals surface area (Å²) < 4.78 is 39.3. The molecule has 1 aliphatic rings. The minimum absolute atomic E-state index is 0.189. The van der Waals surface area contributed by atoms with E-state index in [9.17, 15) is 18.0 Å². The fourth-order valence-electron chi connectivity index (χ4n) is 2.69. The lowest BCUT2D eigenvalue weighted by Gasteiger charge is -2.30. The highest BCUT2D eigenvalue weighted by Crippen LogP contribution is 2.37. The Kier molecular flexibility index (Phi) is 3.39. The van der Waals surface area contributed by atoms with Crippen molar-refractivity contribution >= 4 is 11.6 Å². The van der Waals surface area contributed by atoms with Crippen LogP contribution in [0.25, 0.3) is 0 Å². The third-order valence-corrected chi connectivity index (χ3v) is 3.74. The average Bonchev–Trinajstić information content (AvgIpc) is 2.46. The van der Waals surface area contributed by atoms with E-state index in [0.717, 1.165) is 34.5 Å². The van der Waals surface area contributed by atoms with Gasteiger partial charge in [-0.2, -0.15) is 13.2 Å². The van der Waals surface area contributed by atoms with E-state index in [2.05, 4.69) is 4.98 Å². The van der Waals surface area contributed by atoms with Gasteiger partial charge in [-0.05, 0) is 31.0 Å². The van der Waals surface area contributed by atoms with E-state index < -0.39 is 17.6 Å². The Labute approximate surface area is 125 Å². The Hall–Kier alpha value is -2.37. The van der Waals surface area contributed by atoms with Crippen molar-refractivity contribution in [3.8, 4) is 0 Å². The van der Waals surface area contributed by atoms with Gasteiger partial charge in [0.1, 0.15) is 0 Å². The fraction of sp³-hybridized carbons (Fsp3) is 0.250. The van der Waals surface area contributed by atoms with Crippen LogP contribution < -0.4 is 4.90 Å². The quantitative estimate of drug-likeness (QED) is 0.806. The van der Waals surface area contributed by atoms with E-state index in [1.807, 2.05) is 13.0 Å². The molecule has 2 heterocycles. The number of aromatic nitrogens is 1. The highest BCUT2D eigenvalue weighted by Gasteiger charge is 2.37. The number of carbonyl (C=O) groups excluding carboxylic acids is 1. The molecule has 0 bridgehead atoms. The summed E-state index contributed by atoms with van der Waals surface area (Å²) in [7, 11) is 0. The number of pyridine rings is 1. The minimum Gasteiger partial charge on any atom is -0.306 e. The van der Waals surface area contributed by atoms with Crippen LogP contribution in [0.2, 0.25) is 0 Å². The molecule has 0 unspecified atom stereocenters. The van der Waals surface area contributed by atoms with Crippen LogP contribution in [0.15, 0.2) is 36.7 Å². The monoisotopic (exact) mass is 306 g/mol. The molecule has 0 aliphatic carbocycles. The molecule has 0 atom stereocenters. The molecule has 0 N–H and O–H groups in total. The lowest BCUT2D eigenvalue weighted by atomic mass is 9.96. The van der Waals surface area contributed by atoms with Crippen LogP contribution in [-0.4, -0.2) is 17.4 Å². The Morgan fingerprint density at radius 2 is 2.00 bits per heavy atom. The summed E-state index contributed by atoms with van der Waals surface area (Å²) in [5, 5.41) is 0. The molecular formula is C16H13F3N2O. The van der Waals surface area contributed by atoms with Crippen LogP contribution in [0.1, 0.15) is 27.0 Å². The topological polar surface area (TPSA) is 33.2 Å². The summed E-state index contributed by atoms with van der Waals surface area (Å²) in [6.45, 7) is 2.13. The third-order valence-electron chi connectivity index (χ3n) is 3.74. The number of hydrogen-bond donors (Lipinski definition) is 0. The second-order valence-electron chi connectivity index (χ2n) is 5.26. The molecule has 0 saturated carbocycles. The predicted molar refractivity (Wildman–Crippen MR) is 75.8 cm³/mol. The van der Waals surface area contributed by atoms with Crippen molar-refractivity contribution < 1.29 is 18.0 Å². The Morgan fingerprint density at radius 3 is 2.73 bits per heavy atom. The van der Waals surface area contributed by atoms with Crippen molar-refractivity contribution in [3.05, 3.63) is 58.9 Å². The summed E-state index contributed by atoms with van der Waals surface area (Å²) in [5.74, 6) is -0.417. The molecule has 1 amide bonds. The predicted octanol–water partition coefficient (Wildman–Crippen LogP) is 3.61. The zero-order valence-corrected chi connectivity index (χ0v) is 11.8. The molecule has 6 heteroatoms. The molecule has 3 nitrogen and oxygen atoms in total. The Balaban J connectivity index is 2.05. The highest BCUT2D eigenvalue weighted by molar-refractivity contribution is 6.08. The Bertz CT molecular complexity index is 740. The molecule has 22 heavy (non-hydrogen) atoms. The lowest BCUT2D eigenvalue weighted by molar-refractivity contribution is -0.137. The zero-order valence-electron chi connectivity index (χ0n) is 11.8. The van der Waals surface area contributed by atoms with Gasteiger partial charge in [0.2, 0.25) is 0 Å². The second-order valence-corrected chi connectivity index (χ2v) is 5.26. The molecule has 0 spiro atoms. The first-order chi connectivity index (χ1) is 10.4. The molecule has 1 aromatic heterocycles. The normalized spacial score (nSPS) is 14.9. The van der Waals surface area contributed by atoms with Gasteiger partial charge in [0.25, 0.3) is 5.91 Å². The van der Waals surface area contributed by atoms with Crippen LogP contribution in [0.4, 0.5) is 18.9 Å². The molecule has 1 aromatic carbocycles. The van der Waals surface area contributed by atoms with Crippen LogP contribution in [0, 0.1) is 6.92 Å². The highest BCUT2D eigenvalue weighted by atomic mass is 19.4. The van der Waals surface area contributed by atoms with E-state index >= 15 is 0 Å². The summed E-state index contributed by atoms with van der Waals surface area (Å²) in [4.78, 5) is 17.4. The van der Waals surface area contributed by atoms with E-state index in [-0.39, 0.29) is 12.2 Å². The fourth-order valence-corrected chi connectivity index (χ4v) is 2.69. The van der Waals surface area contributed by atoms with Crippen LogP contribution >= 0.6 is 0 Å². The van der Waals surface area contributed by atoms with Gasteiger partial charge in [0.05, 0.1) is 17.4 Å². The van der Waals surface area contributed by atoms with Crippen LogP contribution in [0.5, 0.6) is 0 Å². The van der Waals surface area contributed by atoms with Gasteiger partial charge >= 0.3 is 6.18 Å². The number of fused-ring (bicyclic) bond motifs is 1. The molecule has 0 radical (unpaired) electrons. The van der Waals surface area contributed by atoms with Crippen LogP contribution in [0.3, 0.4) is 0 Å². The number of carbonyl (C=O) groups is 1. The van der Waals surface area contributed by atoms with Crippen molar-refractivity contribution in [1.82, 2.24) is 4.98 Å². The zero-order chi connectivity index (χ0) is 15.9. The van der Waals surface area contributed by atoms with Crippen LogP contribution in [-0.2, 0) is 12.6 Å². The first-order valence-corrected chi connectivity index (χ1v) is 6.80. The molecule has 1 aliphatic heterocycles. The van der Waals surface area contributed by atoms with Crippen molar-refractivity contribution in [3.63, 3.8) is 0 Å². The van der Waals surface area contributed by atoms with Crippen molar-refractivity contribution in [2.45, 2.75) is 19.5 Å². The largest absolute Gasteiger partial charge is 0.418 e. The SMILES string of the molecule is Cc1ccc2c(c1)CCN(c1cnccc1C(F)(F)F)C2=O. The Morgan fingerprint density at radius 1 is 1.23 bits per heavy atom. The maximum Gasteiger partial charge on any atom is 0.418 e. The minimum atomic E-state index is -4.52. The van der Waals surface area contributed by atoms with Gasteiger partial charge in [-0.3, -0.25) is 9.78 Å². The number of halogens is 3. The van der Waals surface area contributed by atoms with E-state index in [0.29, 0.717) is 12.0 Å². The van der Waals surface area contributed by atoms with Crippen molar-refractivity contribution in [1.29, 1.82) is 0 Å². The number of aryl methyl sites for hydroxylation is 1. The van der Waals surface area contributed by atoms with E-state index in [1.165, 1.54) is 0 Å². The van der Waals surface area contributed by atoms with Gasteiger partial charge in [-0.25, -0.2) is 0 Å². The summed E-state index contributed by atoms with van der Waals surface area (Å²) in [6, 6.07) is 6.25.